The maximum Gasteiger partial charge on any atom is 0.254 e. The van der Waals surface area contributed by atoms with E-state index in [0.29, 0.717) is 48.0 Å². The molecule has 6 nitrogen and oxygen atoms in total. The van der Waals surface area contributed by atoms with E-state index >= 15 is 0 Å². The van der Waals surface area contributed by atoms with Gasteiger partial charge in [-0.25, -0.2) is 0 Å². The molecule has 2 aliphatic rings. The van der Waals surface area contributed by atoms with Crippen molar-refractivity contribution in [3.63, 3.8) is 0 Å². The van der Waals surface area contributed by atoms with Crippen LogP contribution in [0.15, 0.2) is 12.1 Å². The van der Waals surface area contributed by atoms with Crippen LogP contribution >= 0.6 is 11.6 Å². The topological polar surface area (TPSA) is 59.1 Å². The van der Waals surface area contributed by atoms with Crippen LogP contribution in [0.3, 0.4) is 0 Å². The summed E-state index contributed by atoms with van der Waals surface area (Å²) in [5, 5.41) is 0.343. The molecular formula is C20H27ClN2O4. The Labute approximate surface area is 165 Å². The van der Waals surface area contributed by atoms with Gasteiger partial charge in [0.1, 0.15) is 0 Å². The van der Waals surface area contributed by atoms with E-state index in [1.165, 1.54) is 20.6 Å². The fourth-order valence-corrected chi connectivity index (χ4v) is 4.21. The number of amides is 2. The number of ether oxygens (including phenoxy) is 2. The molecular weight excluding hydrogens is 368 g/mol. The number of likely N-dealkylation sites (tertiary alicyclic amines) is 2. The van der Waals surface area contributed by atoms with Crippen molar-refractivity contribution in [2.45, 2.75) is 32.1 Å². The molecule has 0 atom stereocenters. The van der Waals surface area contributed by atoms with Crippen LogP contribution in [0.1, 0.15) is 42.5 Å². The molecule has 7 heteroatoms. The molecule has 3 rings (SSSR count). The zero-order valence-electron chi connectivity index (χ0n) is 16.0. The second-order valence-corrected chi connectivity index (χ2v) is 7.55. The Morgan fingerprint density at radius 2 is 1.63 bits per heavy atom. The standard InChI is InChI=1S/C20H27ClN2O4/c1-26-17-13-15(12-16(21)18(17)27-2)20(25)23-10-6-14(7-11-23)19(24)22-8-4-3-5-9-22/h12-14H,3-11H2,1-2H3. The summed E-state index contributed by atoms with van der Waals surface area (Å²) in [4.78, 5) is 29.3. The molecule has 0 bridgehead atoms. The van der Waals surface area contributed by atoms with Gasteiger partial charge in [-0.15, -0.1) is 0 Å². The highest BCUT2D eigenvalue weighted by Crippen LogP contribution is 2.36. The number of carbonyl (C=O) groups is 2. The number of methoxy groups -OCH3 is 2. The van der Waals surface area contributed by atoms with Crippen LogP contribution in [0.25, 0.3) is 0 Å². The molecule has 2 heterocycles. The van der Waals surface area contributed by atoms with Crippen LogP contribution < -0.4 is 9.47 Å². The first kappa shape index (κ1) is 19.8. The summed E-state index contributed by atoms with van der Waals surface area (Å²) < 4.78 is 10.5. The summed E-state index contributed by atoms with van der Waals surface area (Å²) in [6.45, 7) is 2.91. The number of benzene rings is 1. The molecule has 2 fully saturated rings. The Balaban J connectivity index is 1.63. The lowest BCUT2D eigenvalue weighted by molar-refractivity contribution is -0.137. The number of nitrogens with zero attached hydrogens (tertiary/aromatic N) is 2. The second kappa shape index (κ2) is 8.83. The molecule has 2 aliphatic heterocycles. The predicted octanol–water partition coefficient (Wildman–Crippen LogP) is 3.22. The van der Waals surface area contributed by atoms with Crippen LogP contribution in [0, 0.1) is 5.92 Å². The first-order valence-corrected chi connectivity index (χ1v) is 9.92. The van der Waals surface area contributed by atoms with Crippen LogP contribution in [0.4, 0.5) is 0 Å². The van der Waals surface area contributed by atoms with Crippen molar-refractivity contribution in [3.8, 4) is 11.5 Å². The van der Waals surface area contributed by atoms with Gasteiger partial charge in [-0.1, -0.05) is 11.6 Å². The minimum Gasteiger partial charge on any atom is -0.493 e. The first-order valence-electron chi connectivity index (χ1n) is 9.54. The normalized spacial score (nSPS) is 18.3. The monoisotopic (exact) mass is 394 g/mol. The Morgan fingerprint density at radius 3 is 2.22 bits per heavy atom. The van der Waals surface area contributed by atoms with E-state index in [-0.39, 0.29) is 17.7 Å². The zero-order chi connectivity index (χ0) is 19.4. The predicted molar refractivity (Wildman–Crippen MR) is 104 cm³/mol. The molecule has 0 spiro atoms. The summed E-state index contributed by atoms with van der Waals surface area (Å²) >= 11 is 6.22. The molecule has 0 unspecified atom stereocenters. The van der Waals surface area contributed by atoms with Crippen molar-refractivity contribution in [2.75, 3.05) is 40.4 Å². The molecule has 2 saturated heterocycles. The summed E-state index contributed by atoms with van der Waals surface area (Å²) in [5.41, 5.74) is 0.471. The first-order chi connectivity index (χ1) is 13.0. The van der Waals surface area contributed by atoms with Gasteiger partial charge in [-0.3, -0.25) is 9.59 Å². The van der Waals surface area contributed by atoms with E-state index in [9.17, 15) is 9.59 Å². The SMILES string of the molecule is COc1cc(C(=O)N2CCC(C(=O)N3CCCCC3)CC2)cc(Cl)c1OC. The summed E-state index contributed by atoms with van der Waals surface area (Å²) in [7, 11) is 3.02. The highest BCUT2D eigenvalue weighted by molar-refractivity contribution is 6.32. The maximum atomic E-state index is 12.9. The average Bonchev–Trinajstić information content (AvgIpc) is 2.72. The van der Waals surface area contributed by atoms with E-state index < -0.39 is 0 Å². The lowest BCUT2D eigenvalue weighted by Crippen LogP contribution is -2.45. The third-order valence-electron chi connectivity index (χ3n) is 5.48. The highest BCUT2D eigenvalue weighted by atomic mass is 35.5. The number of rotatable bonds is 4. The van der Waals surface area contributed by atoms with E-state index in [0.717, 1.165) is 25.9 Å². The largest absolute Gasteiger partial charge is 0.493 e. The number of piperidine rings is 2. The number of hydrogen-bond acceptors (Lipinski definition) is 4. The molecule has 0 N–H and O–H groups in total. The van der Waals surface area contributed by atoms with E-state index in [4.69, 9.17) is 21.1 Å². The Bertz CT molecular complexity index is 695. The smallest absolute Gasteiger partial charge is 0.254 e. The highest BCUT2D eigenvalue weighted by Gasteiger charge is 2.31. The van der Waals surface area contributed by atoms with Crippen LogP contribution in [0.2, 0.25) is 5.02 Å². The Kier molecular flexibility index (Phi) is 6.47. The van der Waals surface area contributed by atoms with E-state index in [2.05, 4.69) is 0 Å². The minimum absolute atomic E-state index is 0.0288. The molecule has 0 radical (unpaired) electrons. The van der Waals surface area contributed by atoms with Gasteiger partial charge in [0, 0.05) is 37.7 Å². The molecule has 0 saturated carbocycles. The fraction of sp³-hybridized carbons (Fsp3) is 0.600. The lowest BCUT2D eigenvalue weighted by Gasteiger charge is -2.35. The fourth-order valence-electron chi connectivity index (χ4n) is 3.93. The van der Waals surface area contributed by atoms with Gasteiger partial charge in [0.05, 0.1) is 19.2 Å². The molecule has 27 heavy (non-hydrogen) atoms. The number of carbonyl (C=O) groups excluding carboxylic acids is 2. The van der Waals surface area contributed by atoms with Gasteiger partial charge in [0.2, 0.25) is 5.91 Å². The Hall–Kier alpha value is -1.95. The van der Waals surface area contributed by atoms with E-state index in [1.807, 2.05) is 4.90 Å². The molecule has 0 aromatic heterocycles. The summed E-state index contributed by atoms with van der Waals surface area (Å²) in [6.07, 6.45) is 4.83. The van der Waals surface area contributed by atoms with Gasteiger partial charge in [-0.2, -0.15) is 0 Å². The molecule has 0 aliphatic carbocycles. The van der Waals surface area contributed by atoms with Crippen molar-refractivity contribution >= 4 is 23.4 Å². The Morgan fingerprint density at radius 1 is 0.963 bits per heavy atom. The zero-order valence-corrected chi connectivity index (χ0v) is 16.8. The molecule has 2 amide bonds. The van der Waals surface area contributed by atoms with E-state index in [1.54, 1.807) is 17.0 Å². The maximum absolute atomic E-state index is 12.9. The second-order valence-electron chi connectivity index (χ2n) is 7.15. The van der Waals surface area contributed by atoms with Gasteiger partial charge in [0.15, 0.2) is 11.5 Å². The van der Waals surface area contributed by atoms with Crippen LogP contribution in [-0.2, 0) is 4.79 Å². The summed E-state index contributed by atoms with van der Waals surface area (Å²) in [5.74, 6) is 1.05. The van der Waals surface area contributed by atoms with Crippen molar-refractivity contribution in [2.24, 2.45) is 5.92 Å². The molecule has 1 aromatic rings. The van der Waals surface area contributed by atoms with Crippen molar-refractivity contribution in [3.05, 3.63) is 22.7 Å². The molecule has 148 valence electrons. The van der Waals surface area contributed by atoms with Crippen molar-refractivity contribution in [1.29, 1.82) is 0 Å². The van der Waals surface area contributed by atoms with Gasteiger partial charge >= 0.3 is 0 Å². The van der Waals surface area contributed by atoms with Crippen LogP contribution in [-0.4, -0.2) is 62.0 Å². The van der Waals surface area contributed by atoms with Gasteiger partial charge in [0.25, 0.3) is 5.91 Å². The van der Waals surface area contributed by atoms with Crippen molar-refractivity contribution < 1.29 is 19.1 Å². The molecule has 1 aromatic carbocycles. The number of hydrogen-bond donors (Lipinski definition) is 0. The van der Waals surface area contributed by atoms with Crippen LogP contribution in [0.5, 0.6) is 11.5 Å². The van der Waals surface area contributed by atoms with Crippen molar-refractivity contribution in [1.82, 2.24) is 9.80 Å². The quantitative estimate of drug-likeness (QED) is 0.786. The third kappa shape index (κ3) is 4.32. The minimum atomic E-state index is -0.0956. The lowest BCUT2D eigenvalue weighted by atomic mass is 9.94. The number of halogens is 1. The third-order valence-corrected chi connectivity index (χ3v) is 5.76. The summed E-state index contributed by atoms with van der Waals surface area (Å²) in [6, 6.07) is 3.26. The van der Waals surface area contributed by atoms with Gasteiger partial charge < -0.3 is 19.3 Å². The van der Waals surface area contributed by atoms with Gasteiger partial charge in [-0.05, 0) is 44.2 Å². The average molecular weight is 395 g/mol.